The van der Waals surface area contributed by atoms with Crippen molar-refractivity contribution < 1.29 is 19.6 Å². The second kappa shape index (κ2) is 9.72. The molecule has 0 saturated heterocycles. The maximum atomic E-state index is 12.7. The van der Waals surface area contributed by atoms with Gasteiger partial charge in [0.25, 0.3) is 11.6 Å². The third kappa shape index (κ3) is 6.10. The number of carbonyl (C=O) groups is 2. The van der Waals surface area contributed by atoms with Gasteiger partial charge in [-0.05, 0) is 36.8 Å². The first-order valence-corrected chi connectivity index (χ1v) is 9.52. The molecule has 0 spiro atoms. The van der Waals surface area contributed by atoms with Gasteiger partial charge in [-0.25, -0.2) is 0 Å². The summed E-state index contributed by atoms with van der Waals surface area (Å²) in [5.74, 6) is -1.54. The number of nitrogens with zero attached hydrogens (tertiary/aromatic N) is 1. The molecule has 27 heavy (non-hydrogen) atoms. The van der Waals surface area contributed by atoms with Gasteiger partial charge in [-0.15, -0.1) is 11.8 Å². The number of aliphatic carboxylic acids is 1. The Kier molecular flexibility index (Phi) is 7.36. The number of nitrogens with one attached hydrogen (secondary N) is 1. The molecule has 0 aliphatic rings. The van der Waals surface area contributed by atoms with Crippen molar-refractivity contribution in [1.82, 2.24) is 5.32 Å². The fourth-order valence-electron chi connectivity index (χ4n) is 2.67. The van der Waals surface area contributed by atoms with E-state index in [4.69, 9.17) is 5.11 Å². The molecule has 7 nitrogen and oxygen atoms in total. The Morgan fingerprint density at radius 2 is 1.93 bits per heavy atom. The summed E-state index contributed by atoms with van der Waals surface area (Å²) in [7, 11) is 0. The van der Waals surface area contributed by atoms with Crippen molar-refractivity contribution in [3.8, 4) is 0 Å². The van der Waals surface area contributed by atoms with E-state index in [-0.39, 0.29) is 24.1 Å². The van der Waals surface area contributed by atoms with Crippen molar-refractivity contribution in [2.75, 3.05) is 6.26 Å². The fourth-order valence-corrected chi connectivity index (χ4v) is 3.11. The third-order valence-corrected chi connectivity index (χ3v) is 4.74. The summed E-state index contributed by atoms with van der Waals surface area (Å²) in [5, 5.41) is 23.0. The zero-order chi connectivity index (χ0) is 19.8. The molecule has 0 radical (unpaired) electrons. The number of hydrogen-bond acceptors (Lipinski definition) is 5. The first kappa shape index (κ1) is 20.4. The molecule has 0 saturated carbocycles. The minimum atomic E-state index is -0.960. The summed E-state index contributed by atoms with van der Waals surface area (Å²) in [4.78, 5) is 35.0. The van der Waals surface area contributed by atoms with Crippen molar-refractivity contribution in [3.05, 3.63) is 69.8 Å². The van der Waals surface area contributed by atoms with Crippen molar-refractivity contribution in [1.29, 1.82) is 0 Å². The number of carboxylic acid groups (broad SMARTS) is 1. The molecule has 1 atom stereocenters. The topological polar surface area (TPSA) is 110 Å². The van der Waals surface area contributed by atoms with Crippen molar-refractivity contribution in [2.24, 2.45) is 0 Å². The first-order valence-electron chi connectivity index (χ1n) is 8.29. The lowest BCUT2D eigenvalue weighted by Crippen LogP contribution is -2.37. The quantitative estimate of drug-likeness (QED) is 0.386. The average molecular weight is 388 g/mol. The molecule has 2 aromatic rings. The molecule has 0 fully saturated rings. The van der Waals surface area contributed by atoms with Crippen molar-refractivity contribution >= 4 is 29.3 Å². The summed E-state index contributed by atoms with van der Waals surface area (Å²) >= 11 is 1.38. The molecule has 1 unspecified atom stereocenters. The highest BCUT2D eigenvalue weighted by Crippen LogP contribution is 2.25. The third-order valence-electron chi connectivity index (χ3n) is 4.01. The van der Waals surface area contributed by atoms with Crippen LogP contribution in [0.3, 0.4) is 0 Å². The Hall–Kier alpha value is -2.87. The smallest absolute Gasteiger partial charge is 0.303 e. The lowest BCUT2D eigenvalue weighted by Gasteiger charge is -2.18. The SMILES string of the molecule is CSc1ccc([N+](=O)[O-])c(C(=O)NC(CCC(=O)O)Cc2ccccc2)c1. The molecular formula is C19H20N2O5S. The van der Waals surface area contributed by atoms with Crippen LogP contribution in [0.2, 0.25) is 0 Å². The normalized spacial score (nSPS) is 11.6. The molecule has 0 bridgehead atoms. The molecule has 2 rings (SSSR count). The maximum Gasteiger partial charge on any atom is 0.303 e. The number of thioether (sulfide) groups is 1. The molecule has 8 heteroatoms. The van der Waals surface area contributed by atoms with Gasteiger partial charge in [0.05, 0.1) is 4.92 Å². The van der Waals surface area contributed by atoms with Gasteiger partial charge >= 0.3 is 5.97 Å². The number of carbonyl (C=O) groups excluding carboxylic acids is 1. The monoisotopic (exact) mass is 388 g/mol. The fraction of sp³-hybridized carbons (Fsp3) is 0.263. The van der Waals surface area contributed by atoms with Crippen LogP contribution in [0.25, 0.3) is 0 Å². The van der Waals surface area contributed by atoms with E-state index >= 15 is 0 Å². The number of hydrogen-bond donors (Lipinski definition) is 2. The summed E-state index contributed by atoms with van der Waals surface area (Å²) in [6.07, 6.45) is 2.38. The number of amides is 1. The molecule has 0 aliphatic carbocycles. The van der Waals surface area contributed by atoms with E-state index in [0.717, 1.165) is 10.5 Å². The van der Waals surface area contributed by atoms with Gasteiger partial charge in [0.15, 0.2) is 0 Å². The summed E-state index contributed by atoms with van der Waals surface area (Å²) < 4.78 is 0. The van der Waals surface area contributed by atoms with Crippen LogP contribution in [0.15, 0.2) is 53.4 Å². The van der Waals surface area contributed by atoms with Crippen LogP contribution in [0.4, 0.5) is 5.69 Å². The van der Waals surface area contributed by atoms with Gasteiger partial charge in [0.1, 0.15) is 5.56 Å². The van der Waals surface area contributed by atoms with Gasteiger partial charge < -0.3 is 10.4 Å². The molecule has 0 heterocycles. The van der Waals surface area contributed by atoms with E-state index in [1.807, 2.05) is 36.6 Å². The van der Waals surface area contributed by atoms with Crippen LogP contribution in [-0.2, 0) is 11.2 Å². The Balaban J connectivity index is 2.23. The standard InChI is InChI=1S/C19H20N2O5S/c1-27-15-8-9-17(21(25)26)16(12-15)19(24)20-14(7-10-18(22)23)11-13-5-3-2-4-6-13/h2-6,8-9,12,14H,7,10-11H2,1H3,(H,20,24)(H,22,23). The van der Waals surface area contributed by atoms with Crippen LogP contribution in [-0.4, -0.2) is 34.2 Å². The highest BCUT2D eigenvalue weighted by atomic mass is 32.2. The molecule has 2 N–H and O–H groups in total. The minimum Gasteiger partial charge on any atom is -0.481 e. The number of benzene rings is 2. The molecule has 0 aliphatic heterocycles. The van der Waals surface area contributed by atoms with Gasteiger partial charge in [-0.1, -0.05) is 30.3 Å². The van der Waals surface area contributed by atoms with Gasteiger partial charge in [0.2, 0.25) is 0 Å². The number of nitro groups is 1. The van der Waals surface area contributed by atoms with Crippen LogP contribution in [0, 0.1) is 10.1 Å². The second-order valence-electron chi connectivity index (χ2n) is 5.93. The minimum absolute atomic E-state index is 0.0276. The maximum absolute atomic E-state index is 12.7. The van der Waals surface area contributed by atoms with Crippen LogP contribution >= 0.6 is 11.8 Å². The second-order valence-corrected chi connectivity index (χ2v) is 6.81. The molecule has 2 aromatic carbocycles. The van der Waals surface area contributed by atoms with E-state index in [9.17, 15) is 19.7 Å². The molecular weight excluding hydrogens is 368 g/mol. The van der Waals surface area contributed by atoms with E-state index in [1.54, 1.807) is 6.07 Å². The predicted octanol–water partition coefficient (Wildman–Crippen LogP) is 3.52. The van der Waals surface area contributed by atoms with Crippen LogP contribution < -0.4 is 5.32 Å². The molecule has 142 valence electrons. The Labute approximate surface area is 160 Å². The zero-order valence-corrected chi connectivity index (χ0v) is 15.6. The number of carboxylic acids is 1. The van der Waals surface area contributed by atoms with E-state index in [0.29, 0.717) is 6.42 Å². The highest BCUT2D eigenvalue weighted by molar-refractivity contribution is 7.98. The van der Waals surface area contributed by atoms with Crippen LogP contribution in [0.1, 0.15) is 28.8 Å². The molecule has 0 aromatic heterocycles. The summed E-state index contributed by atoms with van der Waals surface area (Å²) in [6, 6.07) is 13.3. The molecule has 1 amide bonds. The number of nitro benzene ring substituents is 1. The lowest BCUT2D eigenvalue weighted by atomic mass is 10.0. The van der Waals surface area contributed by atoms with Crippen LogP contribution in [0.5, 0.6) is 0 Å². The van der Waals surface area contributed by atoms with Crippen molar-refractivity contribution in [3.63, 3.8) is 0 Å². The van der Waals surface area contributed by atoms with Gasteiger partial charge in [-0.3, -0.25) is 19.7 Å². The van der Waals surface area contributed by atoms with Crippen molar-refractivity contribution in [2.45, 2.75) is 30.2 Å². The first-order chi connectivity index (χ1) is 12.9. The zero-order valence-electron chi connectivity index (χ0n) is 14.8. The summed E-state index contributed by atoms with van der Waals surface area (Å²) in [6.45, 7) is 0. The predicted molar refractivity (Wildman–Crippen MR) is 103 cm³/mol. The van der Waals surface area contributed by atoms with Gasteiger partial charge in [-0.2, -0.15) is 0 Å². The number of rotatable bonds is 9. The average Bonchev–Trinajstić information content (AvgIpc) is 2.66. The largest absolute Gasteiger partial charge is 0.481 e. The van der Waals surface area contributed by atoms with E-state index in [1.165, 1.54) is 23.9 Å². The Morgan fingerprint density at radius 3 is 2.52 bits per heavy atom. The summed E-state index contributed by atoms with van der Waals surface area (Å²) in [5.41, 5.74) is 0.641. The van der Waals surface area contributed by atoms with E-state index < -0.39 is 22.8 Å². The Bertz CT molecular complexity index is 826. The van der Waals surface area contributed by atoms with Gasteiger partial charge in [0, 0.05) is 23.4 Å². The Morgan fingerprint density at radius 1 is 1.22 bits per heavy atom. The van der Waals surface area contributed by atoms with E-state index in [2.05, 4.69) is 5.32 Å². The highest BCUT2D eigenvalue weighted by Gasteiger charge is 2.23. The lowest BCUT2D eigenvalue weighted by molar-refractivity contribution is -0.385.